The minimum Gasteiger partial charge on any atom is -0.364 e. The lowest BCUT2D eigenvalue weighted by molar-refractivity contribution is -0.0824. The van der Waals surface area contributed by atoms with E-state index in [-0.39, 0.29) is 6.10 Å². The van der Waals surface area contributed by atoms with E-state index in [2.05, 4.69) is 13.0 Å². The van der Waals surface area contributed by atoms with Crippen LogP contribution in [-0.4, -0.2) is 17.5 Å². The van der Waals surface area contributed by atoms with Crippen molar-refractivity contribution in [2.75, 3.05) is 0 Å². The number of hydrogen-bond donors (Lipinski definition) is 1. The molecular weight excluding hydrogens is 176 g/mol. The molecule has 3 atom stereocenters. The van der Waals surface area contributed by atoms with Crippen LogP contribution >= 0.6 is 0 Å². The van der Waals surface area contributed by atoms with Crippen LogP contribution in [-0.2, 0) is 4.74 Å². The minimum atomic E-state index is -0.595. The number of hydrogen-bond acceptors (Lipinski definition) is 2. The predicted octanol–water partition coefficient (Wildman–Crippen LogP) is 2.62. The van der Waals surface area contributed by atoms with Crippen LogP contribution in [0.15, 0.2) is 11.6 Å². The van der Waals surface area contributed by atoms with E-state index in [4.69, 9.17) is 4.74 Å². The molecule has 1 fully saturated rings. The van der Waals surface area contributed by atoms with Crippen LogP contribution in [0.5, 0.6) is 0 Å². The number of allylic oxidation sites excluding steroid dienone is 1. The van der Waals surface area contributed by atoms with Crippen LogP contribution in [0, 0.1) is 5.92 Å². The first kappa shape index (κ1) is 10.2. The molecule has 1 aliphatic carbocycles. The van der Waals surface area contributed by atoms with E-state index in [1.54, 1.807) is 0 Å². The lowest BCUT2D eigenvalue weighted by Gasteiger charge is -2.21. The first-order chi connectivity index (χ1) is 6.83. The van der Waals surface area contributed by atoms with E-state index in [0.717, 1.165) is 18.4 Å². The molecule has 1 aliphatic heterocycles. The summed E-state index contributed by atoms with van der Waals surface area (Å²) >= 11 is 0. The Kier molecular flexibility index (Phi) is 3.24. The summed E-state index contributed by atoms with van der Waals surface area (Å²) in [4.78, 5) is 0. The SMILES string of the molecule is CCCCC1OC(O)C2=CCCCC21. The molecule has 2 rings (SSSR count). The van der Waals surface area contributed by atoms with Gasteiger partial charge in [-0.15, -0.1) is 0 Å². The van der Waals surface area contributed by atoms with Gasteiger partial charge in [-0.2, -0.15) is 0 Å². The Morgan fingerprint density at radius 3 is 3.21 bits per heavy atom. The molecule has 14 heavy (non-hydrogen) atoms. The minimum absolute atomic E-state index is 0.288. The van der Waals surface area contributed by atoms with Crippen LogP contribution in [0.1, 0.15) is 45.4 Å². The fourth-order valence-corrected chi connectivity index (χ4v) is 2.62. The highest BCUT2D eigenvalue weighted by Gasteiger charge is 2.38. The van der Waals surface area contributed by atoms with Crippen LogP contribution in [0.4, 0.5) is 0 Å². The van der Waals surface area contributed by atoms with E-state index >= 15 is 0 Å². The Balaban J connectivity index is 2.00. The molecule has 1 N–H and O–H groups in total. The zero-order valence-electron chi connectivity index (χ0n) is 8.91. The molecule has 2 nitrogen and oxygen atoms in total. The predicted molar refractivity (Wildman–Crippen MR) is 55.8 cm³/mol. The van der Waals surface area contributed by atoms with Crippen molar-refractivity contribution >= 4 is 0 Å². The Morgan fingerprint density at radius 1 is 1.57 bits per heavy atom. The smallest absolute Gasteiger partial charge is 0.177 e. The molecule has 0 amide bonds. The van der Waals surface area contributed by atoms with E-state index in [1.165, 1.54) is 25.7 Å². The maximum absolute atomic E-state index is 9.70. The number of ether oxygens (including phenoxy) is 1. The van der Waals surface area contributed by atoms with Gasteiger partial charge in [0.1, 0.15) is 0 Å². The third-order valence-electron chi connectivity index (χ3n) is 3.41. The van der Waals surface area contributed by atoms with Gasteiger partial charge in [0, 0.05) is 5.92 Å². The second-order valence-electron chi connectivity index (χ2n) is 4.41. The number of rotatable bonds is 3. The Bertz CT molecular complexity index is 222. The number of aliphatic hydroxyl groups is 1. The van der Waals surface area contributed by atoms with Gasteiger partial charge in [0.2, 0.25) is 0 Å². The van der Waals surface area contributed by atoms with Crippen LogP contribution < -0.4 is 0 Å². The highest BCUT2D eigenvalue weighted by molar-refractivity contribution is 5.18. The maximum Gasteiger partial charge on any atom is 0.177 e. The van der Waals surface area contributed by atoms with Gasteiger partial charge in [0.05, 0.1) is 6.10 Å². The molecule has 0 bridgehead atoms. The lowest BCUT2D eigenvalue weighted by Crippen LogP contribution is -2.18. The van der Waals surface area contributed by atoms with Gasteiger partial charge < -0.3 is 9.84 Å². The first-order valence-corrected chi connectivity index (χ1v) is 5.86. The molecule has 1 heterocycles. The summed E-state index contributed by atoms with van der Waals surface area (Å²) in [5, 5.41) is 9.70. The molecule has 3 unspecified atom stereocenters. The summed E-state index contributed by atoms with van der Waals surface area (Å²) in [6.07, 6.45) is 8.98. The molecule has 2 aliphatic rings. The van der Waals surface area contributed by atoms with Crippen LogP contribution in [0.3, 0.4) is 0 Å². The van der Waals surface area contributed by atoms with Crippen molar-refractivity contribution < 1.29 is 9.84 Å². The van der Waals surface area contributed by atoms with Gasteiger partial charge >= 0.3 is 0 Å². The molecule has 0 radical (unpaired) electrons. The highest BCUT2D eigenvalue weighted by Crippen LogP contribution is 2.39. The number of unbranched alkanes of at least 4 members (excludes halogenated alkanes) is 1. The molecule has 0 saturated carbocycles. The van der Waals surface area contributed by atoms with Gasteiger partial charge in [0.25, 0.3) is 0 Å². The molecule has 80 valence electrons. The lowest BCUT2D eigenvalue weighted by atomic mass is 9.84. The summed E-state index contributed by atoms with van der Waals surface area (Å²) in [5.74, 6) is 0.519. The Labute approximate surface area is 86.0 Å². The molecular formula is C12H20O2. The molecule has 2 heteroatoms. The molecule has 1 saturated heterocycles. The summed E-state index contributed by atoms with van der Waals surface area (Å²) in [6, 6.07) is 0. The van der Waals surface area contributed by atoms with E-state index in [1.807, 2.05) is 0 Å². The summed E-state index contributed by atoms with van der Waals surface area (Å²) in [5.41, 5.74) is 1.16. The summed E-state index contributed by atoms with van der Waals surface area (Å²) in [6.45, 7) is 2.20. The largest absolute Gasteiger partial charge is 0.364 e. The zero-order chi connectivity index (χ0) is 9.97. The topological polar surface area (TPSA) is 29.5 Å². The Hall–Kier alpha value is -0.340. The van der Waals surface area contributed by atoms with Gasteiger partial charge in [0.15, 0.2) is 6.29 Å². The van der Waals surface area contributed by atoms with Crippen molar-refractivity contribution in [3.05, 3.63) is 11.6 Å². The third kappa shape index (κ3) is 1.86. The average Bonchev–Trinajstić information content (AvgIpc) is 2.54. The van der Waals surface area contributed by atoms with E-state index in [9.17, 15) is 5.11 Å². The van der Waals surface area contributed by atoms with Gasteiger partial charge in [-0.1, -0.05) is 25.8 Å². The van der Waals surface area contributed by atoms with Crippen LogP contribution in [0.25, 0.3) is 0 Å². The molecule has 0 spiro atoms. The highest BCUT2D eigenvalue weighted by atomic mass is 16.6. The van der Waals surface area contributed by atoms with Crippen LogP contribution in [0.2, 0.25) is 0 Å². The molecule has 0 aromatic heterocycles. The normalized spacial score (nSPS) is 36.7. The van der Waals surface area contributed by atoms with Crippen molar-refractivity contribution in [2.45, 2.75) is 57.8 Å². The Morgan fingerprint density at radius 2 is 2.43 bits per heavy atom. The quantitative estimate of drug-likeness (QED) is 0.703. The van der Waals surface area contributed by atoms with Gasteiger partial charge in [-0.25, -0.2) is 0 Å². The van der Waals surface area contributed by atoms with Crippen molar-refractivity contribution in [1.82, 2.24) is 0 Å². The summed E-state index contributed by atoms with van der Waals surface area (Å²) < 4.78 is 5.60. The van der Waals surface area contributed by atoms with Crippen molar-refractivity contribution in [3.63, 3.8) is 0 Å². The second-order valence-corrected chi connectivity index (χ2v) is 4.41. The van der Waals surface area contributed by atoms with Gasteiger partial charge in [-0.05, 0) is 31.3 Å². The zero-order valence-corrected chi connectivity index (χ0v) is 8.91. The van der Waals surface area contributed by atoms with Crippen molar-refractivity contribution in [2.24, 2.45) is 5.92 Å². The van der Waals surface area contributed by atoms with Gasteiger partial charge in [-0.3, -0.25) is 0 Å². The molecule has 0 aromatic carbocycles. The van der Waals surface area contributed by atoms with Crippen molar-refractivity contribution in [3.8, 4) is 0 Å². The fraction of sp³-hybridized carbons (Fsp3) is 0.833. The maximum atomic E-state index is 9.70. The second kappa shape index (κ2) is 4.45. The summed E-state index contributed by atoms with van der Waals surface area (Å²) in [7, 11) is 0. The monoisotopic (exact) mass is 196 g/mol. The number of aliphatic hydroxyl groups excluding tert-OH is 1. The number of fused-ring (bicyclic) bond motifs is 1. The average molecular weight is 196 g/mol. The van der Waals surface area contributed by atoms with E-state index in [0.29, 0.717) is 5.92 Å². The van der Waals surface area contributed by atoms with E-state index < -0.39 is 6.29 Å². The fourth-order valence-electron chi connectivity index (χ4n) is 2.62. The molecule has 0 aromatic rings. The first-order valence-electron chi connectivity index (χ1n) is 5.86. The third-order valence-corrected chi connectivity index (χ3v) is 3.41. The standard InChI is InChI=1S/C12H20O2/c1-2-3-8-11-9-6-4-5-7-10(9)12(13)14-11/h7,9,11-13H,2-6,8H2,1H3. The van der Waals surface area contributed by atoms with Crippen molar-refractivity contribution in [1.29, 1.82) is 0 Å².